The Morgan fingerprint density at radius 1 is 1.20 bits per heavy atom. The number of pyridine rings is 1. The summed E-state index contributed by atoms with van der Waals surface area (Å²) in [6.45, 7) is 0. The SMILES string of the molecule is O=C(O)c1nn2c(I)cc(-c3ccccc3)cc2c1Br. The molecule has 0 aliphatic carbocycles. The highest BCUT2D eigenvalue weighted by Crippen LogP contribution is 2.29. The topological polar surface area (TPSA) is 54.6 Å². The minimum absolute atomic E-state index is 0.0214. The standard InChI is InChI=1S/C14H8BrIN2O2/c15-12-10-6-9(8-4-2-1-3-5-8)7-11(16)18(10)17-13(12)14(19)20/h1-7H,(H,19,20). The zero-order chi connectivity index (χ0) is 14.3. The molecule has 2 aromatic heterocycles. The molecule has 1 aromatic carbocycles. The molecule has 6 heteroatoms. The van der Waals surface area contributed by atoms with E-state index in [4.69, 9.17) is 5.11 Å². The minimum Gasteiger partial charge on any atom is -0.476 e. The number of carbonyl (C=O) groups is 1. The van der Waals surface area contributed by atoms with E-state index in [0.29, 0.717) is 4.47 Å². The fraction of sp³-hybridized carbons (Fsp3) is 0. The Hall–Kier alpha value is -1.41. The van der Waals surface area contributed by atoms with Crippen LogP contribution in [0, 0.1) is 3.70 Å². The van der Waals surface area contributed by atoms with E-state index in [9.17, 15) is 4.79 Å². The van der Waals surface area contributed by atoms with Gasteiger partial charge in [0.1, 0.15) is 3.70 Å². The first-order valence-corrected chi connectivity index (χ1v) is 7.61. The predicted molar refractivity (Wildman–Crippen MR) is 88.0 cm³/mol. The molecule has 2 heterocycles. The second-order valence-corrected chi connectivity index (χ2v) is 6.10. The fourth-order valence-corrected chi connectivity index (χ4v) is 3.25. The van der Waals surface area contributed by atoms with E-state index in [1.54, 1.807) is 4.52 Å². The first-order chi connectivity index (χ1) is 9.58. The van der Waals surface area contributed by atoms with E-state index in [1.807, 2.05) is 42.5 Å². The third-order valence-corrected chi connectivity index (χ3v) is 4.49. The van der Waals surface area contributed by atoms with Crippen molar-refractivity contribution in [3.8, 4) is 11.1 Å². The largest absolute Gasteiger partial charge is 0.476 e. The Morgan fingerprint density at radius 2 is 1.90 bits per heavy atom. The second-order valence-electron chi connectivity index (χ2n) is 4.20. The number of nitrogens with zero attached hydrogens (tertiary/aromatic N) is 2. The van der Waals surface area contributed by atoms with Gasteiger partial charge in [0, 0.05) is 0 Å². The van der Waals surface area contributed by atoms with Crippen LogP contribution in [0.2, 0.25) is 0 Å². The van der Waals surface area contributed by atoms with Crippen molar-refractivity contribution >= 4 is 50.0 Å². The smallest absolute Gasteiger partial charge is 0.357 e. The molecule has 0 spiro atoms. The maximum absolute atomic E-state index is 11.1. The molecule has 3 aromatic rings. The molecule has 0 aliphatic rings. The number of carboxylic acid groups (broad SMARTS) is 1. The van der Waals surface area contributed by atoms with E-state index in [1.165, 1.54) is 0 Å². The zero-order valence-corrected chi connectivity index (χ0v) is 13.8. The van der Waals surface area contributed by atoms with Gasteiger partial charge in [0.15, 0.2) is 5.69 Å². The van der Waals surface area contributed by atoms with Crippen LogP contribution >= 0.6 is 38.5 Å². The molecule has 0 saturated carbocycles. The Balaban J connectivity index is 2.29. The summed E-state index contributed by atoms with van der Waals surface area (Å²) in [5.74, 6) is -1.04. The van der Waals surface area contributed by atoms with Gasteiger partial charge >= 0.3 is 5.97 Å². The molecule has 3 rings (SSSR count). The van der Waals surface area contributed by atoms with Gasteiger partial charge in [-0.25, -0.2) is 9.31 Å². The van der Waals surface area contributed by atoms with E-state index in [0.717, 1.165) is 20.3 Å². The van der Waals surface area contributed by atoms with Crippen LogP contribution in [0.4, 0.5) is 0 Å². The van der Waals surface area contributed by atoms with E-state index in [-0.39, 0.29) is 5.69 Å². The molecule has 0 amide bonds. The molecule has 20 heavy (non-hydrogen) atoms. The quantitative estimate of drug-likeness (QED) is 0.480. The Labute approximate surface area is 136 Å². The van der Waals surface area contributed by atoms with Gasteiger partial charge in [0.05, 0.1) is 9.99 Å². The summed E-state index contributed by atoms with van der Waals surface area (Å²) in [5.41, 5.74) is 2.87. The lowest BCUT2D eigenvalue weighted by Gasteiger charge is -2.04. The summed E-state index contributed by atoms with van der Waals surface area (Å²) >= 11 is 5.48. The number of aromatic carboxylic acids is 1. The lowest BCUT2D eigenvalue weighted by molar-refractivity contribution is 0.0689. The van der Waals surface area contributed by atoms with Gasteiger partial charge in [-0.1, -0.05) is 30.3 Å². The maximum atomic E-state index is 11.1. The fourth-order valence-electron chi connectivity index (χ4n) is 2.01. The lowest BCUT2D eigenvalue weighted by Crippen LogP contribution is -1.99. The zero-order valence-electron chi connectivity index (χ0n) is 10.0. The molecule has 1 N–H and O–H groups in total. The molecular weight excluding hydrogens is 435 g/mol. The summed E-state index contributed by atoms with van der Waals surface area (Å²) in [7, 11) is 0. The molecule has 4 nitrogen and oxygen atoms in total. The molecule has 100 valence electrons. The summed E-state index contributed by atoms with van der Waals surface area (Å²) in [6.07, 6.45) is 0. The van der Waals surface area contributed by atoms with Gasteiger partial charge in [-0.05, 0) is 61.8 Å². The third-order valence-electron chi connectivity index (χ3n) is 2.94. The number of carboxylic acids is 1. The van der Waals surface area contributed by atoms with Crippen LogP contribution in [0.15, 0.2) is 46.9 Å². The number of hydrogen-bond donors (Lipinski definition) is 1. The molecule has 0 atom stereocenters. The van der Waals surface area contributed by atoms with E-state index >= 15 is 0 Å². The molecule has 0 bridgehead atoms. The molecule has 0 aliphatic heterocycles. The van der Waals surface area contributed by atoms with Crippen molar-refractivity contribution in [1.29, 1.82) is 0 Å². The summed E-state index contributed by atoms with van der Waals surface area (Å²) < 4.78 is 2.98. The first kappa shape index (κ1) is 13.6. The highest BCUT2D eigenvalue weighted by atomic mass is 127. The van der Waals surface area contributed by atoms with Gasteiger partial charge in [-0.15, -0.1) is 0 Å². The number of aromatic nitrogens is 2. The monoisotopic (exact) mass is 442 g/mol. The van der Waals surface area contributed by atoms with Crippen LogP contribution in [-0.2, 0) is 0 Å². The molecule has 0 saturated heterocycles. The van der Waals surface area contributed by atoms with Gasteiger partial charge in [0.2, 0.25) is 0 Å². The van der Waals surface area contributed by atoms with Crippen molar-refractivity contribution in [1.82, 2.24) is 9.61 Å². The number of halogens is 2. The van der Waals surface area contributed by atoms with Gasteiger partial charge in [0.25, 0.3) is 0 Å². The van der Waals surface area contributed by atoms with Crippen LogP contribution in [0.1, 0.15) is 10.5 Å². The Bertz CT molecular complexity index is 815. The number of hydrogen-bond acceptors (Lipinski definition) is 2. The van der Waals surface area contributed by atoms with Crippen LogP contribution in [0.5, 0.6) is 0 Å². The van der Waals surface area contributed by atoms with E-state index < -0.39 is 5.97 Å². The third kappa shape index (κ3) is 2.22. The van der Waals surface area contributed by atoms with Crippen LogP contribution in [0.25, 0.3) is 16.6 Å². The number of fused-ring (bicyclic) bond motifs is 1. The Morgan fingerprint density at radius 3 is 2.55 bits per heavy atom. The lowest BCUT2D eigenvalue weighted by atomic mass is 10.1. The number of rotatable bonds is 2. The first-order valence-electron chi connectivity index (χ1n) is 5.74. The van der Waals surface area contributed by atoms with Crippen molar-refractivity contribution in [3.63, 3.8) is 0 Å². The molecule has 0 unspecified atom stereocenters. The van der Waals surface area contributed by atoms with Crippen LogP contribution in [-0.4, -0.2) is 20.7 Å². The second kappa shape index (κ2) is 5.17. The van der Waals surface area contributed by atoms with Crippen LogP contribution < -0.4 is 0 Å². The summed E-state index contributed by atoms with van der Waals surface area (Å²) in [6, 6.07) is 13.9. The maximum Gasteiger partial charge on any atom is 0.357 e. The normalized spacial score (nSPS) is 10.9. The molecule has 0 radical (unpaired) electrons. The summed E-state index contributed by atoms with van der Waals surface area (Å²) in [5, 5.41) is 13.2. The highest BCUT2D eigenvalue weighted by molar-refractivity contribution is 14.1. The van der Waals surface area contributed by atoms with Crippen LogP contribution in [0.3, 0.4) is 0 Å². The highest BCUT2D eigenvalue weighted by Gasteiger charge is 2.18. The van der Waals surface area contributed by atoms with Crippen molar-refractivity contribution in [2.45, 2.75) is 0 Å². The Kier molecular flexibility index (Phi) is 3.51. The van der Waals surface area contributed by atoms with Crippen molar-refractivity contribution < 1.29 is 9.90 Å². The summed E-state index contributed by atoms with van der Waals surface area (Å²) in [4.78, 5) is 11.1. The van der Waals surface area contributed by atoms with E-state index in [2.05, 4.69) is 43.6 Å². The minimum atomic E-state index is -1.04. The average molecular weight is 443 g/mol. The molecule has 0 fully saturated rings. The van der Waals surface area contributed by atoms with Gasteiger partial charge < -0.3 is 5.11 Å². The number of benzene rings is 1. The van der Waals surface area contributed by atoms with Crippen molar-refractivity contribution in [3.05, 3.63) is 56.3 Å². The molecular formula is C14H8BrIN2O2. The van der Waals surface area contributed by atoms with Crippen molar-refractivity contribution in [2.75, 3.05) is 0 Å². The van der Waals surface area contributed by atoms with Crippen molar-refractivity contribution in [2.24, 2.45) is 0 Å². The van der Waals surface area contributed by atoms with Gasteiger partial charge in [-0.2, -0.15) is 5.10 Å². The van der Waals surface area contributed by atoms with Gasteiger partial charge in [-0.3, -0.25) is 0 Å². The average Bonchev–Trinajstić information content (AvgIpc) is 2.78. The predicted octanol–water partition coefficient (Wildman–Crippen LogP) is 4.07.